The monoisotopic (exact) mass is 206 g/mol. The zero-order valence-corrected chi connectivity index (χ0v) is 9.71. The lowest BCUT2D eigenvalue weighted by Gasteiger charge is -2.26. The maximum atomic E-state index is 9.02. The predicted molar refractivity (Wildman–Crippen MR) is 61.3 cm³/mol. The van der Waals surface area contributed by atoms with E-state index in [0.717, 1.165) is 12.3 Å². The van der Waals surface area contributed by atoms with E-state index in [-0.39, 0.29) is 5.92 Å². The van der Waals surface area contributed by atoms with E-state index in [1.807, 2.05) is 0 Å². The van der Waals surface area contributed by atoms with E-state index in [1.165, 1.54) is 38.5 Å². The first kappa shape index (κ1) is 11.0. The van der Waals surface area contributed by atoms with Crippen molar-refractivity contribution < 1.29 is 0 Å². The Labute approximate surface area is 93.0 Å². The maximum Gasteiger partial charge on any atom is 0.0672 e. The first-order valence-corrected chi connectivity index (χ1v) is 6.47. The van der Waals surface area contributed by atoms with E-state index in [0.29, 0.717) is 12.1 Å². The summed E-state index contributed by atoms with van der Waals surface area (Å²) >= 11 is 0. The molecule has 2 heteroatoms. The predicted octanol–water partition coefficient (Wildman–Crippen LogP) is 2.85. The summed E-state index contributed by atoms with van der Waals surface area (Å²) in [7, 11) is 0. The summed E-state index contributed by atoms with van der Waals surface area (Å²) in [6.45, 7) is 2.31. The normalized spacial score (nSPS) is 34.1. The van der Waals surface area contributed by atoms with Crippen molar-refractivity contribution in [1.29, 1.82) is 5.26 Å². The molecule has 2 nitrogen and oxygen atoms in total. The molecule has 15 heavy (non-hydrogen) atoms. The van der Waals surface area contributed by atoms with Crippen LogP contribution in [-0.4, -0.2) is 12.1 Å². The molecule has 0 saturated heterocycles. The second-order valence-electron chi connectivity index (χ2n) is 5.27. The highest BCUT2D eigenvalue weighted by Gasteiger charge is 2.30. The number of nitriles is 1. The average Bonchev–Trinajstić information content (AvgIpc) is 2.87. The van der Waals surface area contributed by atoms with Gasteiger partial charge in [0.25, 0.3) is 0 Å². The molecular formula is C13H22N2. The minimum Gasteiger partial charge on any atom is -0.310 e. The van der Waals surface area contributed by atoms with E-state index in [2.05, 4.69) is 18.3 Å². The van der Waals surface area contributed by atoms with Gasteiger partial charge in [0.15, 0.2) is 0 Å². The Hall–Kier alpha value is -0.550. The first-order chi connectivity index (χ1) is 7.31. The third-order valence-electron chi connectivity index (χ3n) is 4.27. The lowest BCUT2D eigenvalue weighted by Crippen LogP contribution is -2.41. The molecule has 0 heterocycles. The van der Waals surface area contributed by atoms with Crippen LogP contribution in [0.3, 0.4) is 0 Å². The molecule has 0 aromatic rings. The van der Waals surface area contributed by atoms with Crippen molar-refractivity contribution in [1.82, 2.24) is 5.32 Å². The number of rotatable bonds is 3. The van der Waals surface area contributed by atoms with Gasteiger partial charge in [-0.1, -0.05) is 19.3 Å². The molecule has 3 atom stereocenters. The Bertz CT molecular complexity index is 237. The Morgan fingerprint density at radius 3 is 2.53 bits per heavy atom. The van der Waals surface area contributed by atoms with Gasteiger partial charge in [0.05, 0.1) is 12.0 Å². The summed E-state index contributed by atoms with van der Waals surface area (Å²) in [5.74, 6) is 1.14. The van der Waals surface area contributed by atoms with Gasteiger partial charge in [-0.15, -0.1) is 0 Å². The molecule has 0 aliphatic heterocycles. The van der Waals surface area contributed by atoms with Crippen LogP contribution in [0.5, 0.6) is 0 Å². The van der Waals surface area contributed by atoms with E-state index in [9.17, 15) is 0 Å². The highest BCUT2D eigenvalue weighted by atomic mass is 15.0. The first-order valence-electron chi connectivity index (χ1n) is 6.47. The third-order valence-corrected chi connectivity index (χ3v) is 4.27. The van der Waals surface area contributed by atoms with Gasteiger partial charge in [0.1, 0.15) is 0 Å². The molecule has 0 aromatic carbocycles. The van der Waals surface area contributed by atoms with Crippen LogP contribution in [0.2, 0.25) is 0 Å². The van der Waals surface area contributed by atoms with Crippen LogP contribution >= 0.6 is 0 Å². The molecule has 0 bridgehead atoms. The van der Waals surface area contributed by atoms with Gasteiger partial charge < -0.3 is 5.32 Å². The molecule has 2 saturated carbocycles. The molecule has 2 aliphatic rings. The quantitative estimate of drug-likeness (QED) is 0.770. The molecule has 0 amide bonds. The number of nitrogens with zero attached hydrogens (tertiary/aromatic N) is 1. The Morgan fingerprint density at radius 1 is 1.13 bits per heavy atom. The molecule has 2 fully saturated rings. The summed E-state index contributed by atoms with van der Waals surface area (Å²) < 4.78 is 0. The van der Waals surface area contributed by atoms with Gasteiger partial charge in [0, 0.05) is 12.1 Å². The van der Waals surface area contributed by atoms with Crippen LogP contribution in [0.4, 0.5) is 0 Å². The summed E-state index contributed by atoms with van der Waals surface area (Å²) in [5, 5.41) is 12.7. The Morgan fingerprint density at radius 2 is 1.87 bits per heavy atom. The fourth-order valence-electron chi connectivity index (χ4n) is 3.25. The van der Waals surface area contributed by atoms with Gasteiger partial charge in [-0.25, -0.2) is 0 Å². The van der Waals surface area contributed by atoms with Gasteiger partial charge in [-0.05, 0) is 38.5 Å². The topological polar surface area (TPSA) is 35.8 Å². The van der Waals surface area contributed by atoms with E-state index >= 15 is 0 Å². The lowest BCUT2D eigenvalue weighted by molar-refractivity contribution is 0.324. The smallest absolute Gasteiger partial charge is 0.0672 e. The minimum atomic E-state index is 0.272. The minimum absolute atomic E-state index is 0.272. The highest BCUT2D eigenvalue weighted by Crippen LogP contribution is 2.30. The Kier molecular flexibility index (Phi) is 3.64. The number of hydrogen-bond donors (Lipinski definition) is 1. The number of hydrogen-bond acceptors (Lipinski definition) is 2. The molecular weight excluding hydrogens is 184 g/mol. The van der Waals surface area contributed by atoms with Crippen LogP contribution in [-0.2, 0) is 0 Å². The molecule has 2 unspecified atom stereocenters. The molecule has 2 aliphatic carbocycles. The van der Waals surface area contributed by atoms with Gasteiger partial charge >= 0.3 is 0 Å². The molecule has 2 rings (SSSR count). The standard InChI is InChI=1S/C13H22N2/c1-10(11-5-2-3-6-11)15-13-8-4-7-12(13)9-14/h10-13,15H,2-8H2,1H3/t10-,12?,13?/m1/s1. The van der Waals surface area contributed by atoms with Crippen molar-refractivity contribution in [3.8, 4) is 6.07 Å². The van der Waals surface area contributed by atoms with Crippen molar-refractivity contribution in [2.45, 2.75) is 64.0 Å². The number of nitrogens with one attached hydrogen (secondary N) is 1. The Balaban J connectivity index is 1.82. The van der Waals surface area contributed by atoms with E-state index in [1.54, 1.807) is 0 Å². The second-order valence-corrected chi connectivity index (χ2v) is 5.27. The SMILES string of the molecule is C[C@@H](NC1CCCC1C#N)C1CCCC1. The van der Waals surface area contributed by atoms with Crippen molar-refractivity contribution in [3.63, 3.8) is 0 Å². The molecule has 1 N–H and O–H groups in total. The molecule has 84 valence electrons. The highest BCUT2D eigenvalue weighted by molar-refractivity contribution is 4.97. The third kappa shape index (κ3) is 2.52. The zero-order chi connectivity index (χ0) is 10.7. The van der Waals surface area contributed by atoms with E-state index in [4.69, 9.17) is 5.26 Å². The zero-order valence-electron chi connectivity index (χ0n) is 9.71. The van der Waals surface area contributed by atoms with Crippen molar-refractivity contribution in [3.05, 3.63) is 0 Å². The second kappa shape index (κ2) is 4.99. The summed E-state index contributed by atoms with van der Waals surface area (Å²) in [6.07, 6.45) is 9.12. The van der Waals surface area contributed by atoms with Gasteiger partial charge in [0.2, 0.25) is 0 Å². The summed E-state index contributed by atoms with van der Waals surface area (Å²) in [4.78, 5) is 0. The van der Waals surface area contributed by atoms with Gasteiger partial charge in [-0.3, -0.25) is 0 Å². The largest absolute Gasteiger partial charge is 0.310 e. The van der Waals surface area contributed by atoms with Crippen LogP contribution in [0.25, 0.3) is 0 Å². The molecule has 0 spiro atoms. The molecule has 0 aromatic heterocycles. The van der Waals surface area contributed by atoms with Gasteiger partial charge in [-0.2, -0.15) is 5.26 Å². The fourth-order valence-corrected chi connectivity index (χ4v) is 3.25. The lowest BCUT2D eigenvalue weighted by atomic mass is 9.97. The fraction of sp³-hybridized carbons (Fsp3) is 0.923. The van der Waals surface area contributed by atoms with Crippen LogP contribution in [0.15, 0.2) is 0 Å². The summed E-state index contributed by atoms with van der Waals surface area (Å²) in [6, 6.07) is 3.54. The maximum absolute atomic E-state index is 9.02. The van der Waals surface area contributed by atoms with Crippen LogP contribution in [0.1, 0.15) is 51.9 Å². The van der Waals surface area contributed by atoms with Crippen molar-refractivity contribution in [2.75, 3.05) is 0 Å². The summed E-state index contributed by atoms with van der Waals surface area (Å²) in [5.41, 5.74) is 0. The van der Waals surface area contributed by atoms with Crippen LogP contribution < -0.4 is 5.32 Å². The van der Waals surface area contributed by atoms with Crippen molar-refractivity contribution in [2.24, 2.45) is 11.8 Å². The average molecular weight is 206 g/mol. The van der Waals surface area contributed by atoms with E-state index < -0.39 is 0 Å². The van der Waals surface area contributed by atoms with Crippen LogP contribution in [0, 0.1) is 23.2 Å². The molecule has 0 radical (unpaired) electrons. The van der Waals surface area contributed by atoms with Crippen molar-refractivity contribution >= 4 is 0 Å².